The minimum atomic E-state index is -0.781. The number of nitrogens with zero attached hydrogens (tertiary/aromatic N) is 1. The number of hydrogen-bond donors (Lipinski definition) is 2. The number of nitrogens with two attached hydrogens (primary N) is 1. The third kappa shape index (κ3) is 3.06. The van der Waals surface area contributed by atoms with Crippen molar-refractivity contribution in [2.45, 2.75) is 52.2 Å². The zero-order valence-electron chi connectivity index (χ0n) is 13.2. The van der Waals surface area contributed by atoms with Crippen LogP contribution in [0.4, 0.5) is 0 Å². The molecule has 0 spiro atoms. The van der Waals surface area contributed by atoms with Gasteiger partial charge in [0.15, 0.2) is 0 Å². The molecule has 0 aromatic carbocycles. The van der Waals surface area contributed by atoms with E-state index in [1.54, 1.807) is 11.3 Å². The van der Waals surface area contributed by atoms with E-state index in [9.17, 15) is 9.90 Å². The van der Waals surface area contributed by atoms with E-state index in [-0.39, 0.29) is 11.5 Å². The number of aromatic carboxylic acids is 1. The van der Waals surface area contributed by atoms with Gasteiger partial charge < -0.3 is 5.11 Å². The first-order valence-electron chi connectivity index (χ1n) is 7.84. The summed E-state index contributed by atoms with van der Waals surface area (Å²) in [6, 6.07) is 0. The number of thiophene rings is 1. The third-order valence-corrected chi connectivity index (χ3v) is 6.13. The van der Waals surface area contributed by atoms with Crippen molar-refractivity contribution >= 4 is 17.3 Å². The lowest BCUT2D eigenvalue weighted by Crippen LogP contribution is -2.25. The van der Waals surface area contributed by atoms with Crippen molar-refractivity contribution in [1.82, 2.24) is 4.90 Å². The summed E-state index contributed by atoms with van der Waals surface area (Å²) in [5.41, 5.74) is 1.83. The smallest absolute Gasteiger partial charge is 0.337 e. The SMILES string of the molecule is CC1(C)CCc2sc(CN3CC[C@@H](ON)C3)c(C(=O)O)c2C1. The van der Waals surface area contributed by atoms with Crippen molar-refractivity contribution in [3.8, 4) is 0 Å². The normalized spacial score (nSPS) is 24.4. The second-order valence-electron chi connectivity index (χ2n) is 7.23. The van der Waals surface area contributed by atoms with Gasteiger partial charge in [0.1, 0.15) is 0 Å². The predicted octanol–water partition coefficient (Wildman–Crippen LogP) is 2.43. The van der Waals surface area contributed by atoms with Crippen LogP contribution in [0.2, 0.25) is 0 Å². The topological polar surface area (TPSA) is 75.8 Å². The molecule has 1 saturated heterocycles. The number of carbonyl (C=O) groups is 1. The van der Waals surface area contributed by atoms with E-state index < -0.39 is 5.97 Å². The molecule has 122 valence electrons. The first-order valence-corrected chi connectivity index (χ1v) is 8.66. The van der Waals surface area contributed by atoms with Gasteiger partial charge in [-0.1, -0.05) is 13.8 Å². The lowest BCUT2D eigenvalue weighted by atomic mass is 9.76. The van der Waals surface area contributed by atoms with E-state index in [0.29, 0.717) is 12.1 Å². The largest absolute Gasteiger partial charge is 0.478 e. The quantitative estimate of drug-likeness (QED) is 0.832. The van der Waals surface area contributed by atoms with Crippen molar-refractivity contribution in [3.05, 3.63) is 20.9 Å². The van der Waals surface area contributed by atoms with Gasteiger partial charge in [0, 0.05) is 29.4 Å². The molecular weight excluding hydrogens is 300 g/mol. The second kappa shape index (κ2) is 5.92. The molecule has 0 unspecified atom stereocenters. The van der Waals surface area contributed by atoms with Gasteiger partial charge in [-0.2, -0.15) is 0 Å². The molecule has 2 heterocycles. The van der Waals surface area contributed by atoms with E-state index in [4.69, 9.17) is 10.7 Å². The molecule has 3 N–H and O–H groups in total. The fraction of sp³-hybridized carbons (Fsp3) is 0.688. The van der Waals surface area contributed by atoms with E-state index in [2.05, 4.69) is 18.7 Å². The molecule has 0 saturated carbocycles. The second-order valence-corrected chi connectivity index (χ2v) is 8.42. The van der Waals surface area contributed by atoms with Crippen molar-refractivity contribution in [3.63, 3.8) is 0 Å². The number of carboxylic acid groups (broad SMARTS) is 1. The zero-order chi connectivity index (χ0) is 15.9. The summed E-state index contributed by atoms with van der Waals surface area (Å²) in [5.74, 6) is 4.48. The number of rotatable bonds is 4. The number of hydrogen-bond acceptors (Lipinski definition) is 5. The monoisotopic (exact) mass is 324 g/mol. The lowest BCUT2D eigenvalue weighted by Gasteiger charge is -2.29. The third-order valence-electron chi connectivity index (χ3n) is 4.85. The van der Waals surface area contributed by atoms with Crippen LogP contribution in [0.15, 0.2) is 0 Å². The minimum Gasteiger partial charge on any atom is -0.478 e. The zero-order valence-corrected chi connectivity index (χ0v) is 14.0. The van der Waals surface area contributed by atoms with E-state index >= 15 is 0 Å². The molecule has 1 atom stereocenters. The predicted molar refractivity (Wildman–Crippen MR) is 86.0 cm³/mol. The summed E-state index contributed by atoms with van der Waals surface area (Å²) in [6.07, 6.45) is 3.99. The van der Waals surface area contributed by atoms with Crippen LogP contribution >= 0.6 is 11.3 Å². The highest BCUT2D eigenvalue weighted by molar-refractivity contribution is 7.12. The molecule has 0 bridgehead atoms. The Labute approximate surface area is 135 Å². The summed E-state index contributed by atoms with van der Waals surface area (Å²) in [7, 11) is 0. The van der Waals surface area contributed by atoms with Gasteiger partial charge in [0.2, 0.25) is 0 Å². The number of fused-ring (bicyclic) bond motifs is 1. The highest BCUT2D eigenvalue weighted by Crippen LogP contribution is 2.42. The van der Waals surface area contributed by atoms with Crippen LogP contribution in [0.25, 0.3) is 0 Å². The highest BCUT2D eigenvalue weighted by atomic mass is 32.1. The molecule has 2 aliphatic rings. The Morgan fingerprint density at radius 1 is 1.55 bits per heavy atom. The molecule has 1 fully saturated rings. The summed E-state index contributed by atoms with van der Waals surface area (Å²) in [4.78, 5) is 21.2. The van der Waals surface area contributed by atoms with E-state index in [0.717, 1.165) is 49.2 Å². The van der Waals surface area contributed by atoms with Crippen molar-refractivity contribution in [1.29, 1.82) is 0 Å². The van der Waals surface area contributed by atoms with E-state index in [1.807, 2.05) is 0 Å². The van der Waals surface area contributed by atoms with Gasteiger partial charge in [-0.25, -0.2) is 10.7 Å². The maximum atomic E-state index is 11.8. The molecule has 0 radical (unpaired) electrons. The Hall–Kier alpha value is -0.950. The number of likely N-dealkylation sites (tertiary alicyclic amines) is 1. The van der Waals surface area contributed by atoms with Crippen LogP contribution in [0.3, 0.4) is 0 Å². The fourth-order valence-corrected chi connectivity index (χ4v) is 4.95. The maximum Gasteiger partial charge on any atom is 0.337 e. The fourth-order valence-electron chi connectivity index (χ4n) is 3.59. The van der Waals surface area contributed by atoms with Crippen molar-refractivity contribution in [2.75, 3.05) is 13.1 Å². The van der Waals surface area contributed by atoms with Gasteiger partial charge in [-0.05, 0) is 36.7 Å². The summed E-state index contributed by atoms with van der Waals surface area (Å²) < 4.78 is 0. The Balaban J connectivity index is 1.86. The van der Waals surface area contributed by atoms with Crippen molar-refractivity contribution < 1.29 is 14.7 Å². The number of aryl methyl sites for hydroxylation is 1. The lowest BCUT2D eigenvalue weighted by molar-refractivity contribution is 0.0589. The van der Waals surface area contributed by atoms with Crippen LogP contribution in [-0.4, -0.2) is 35.2 Å². The molecule has 3 rings (SSSR count). The summed E-state index contributed by atoms with van der Waals surface area (Å²) in [6.45, 7) is 6.84. The Kier molecular flexibility index (Phi) is 4.29. The first kappa shape index (κ1) is 15.9. The first-order chi connectivity index (χ1) is 10.4. The average Bonchev–Trinajstić information content (AvgIpc) is 3.01. The van der Waals surface area contributed by atoms with Gasteiger partial charge in [-0.15, -0.1) is 11.3 Å². The standard InChI is InChI=1S/C16H24N2O3S/c1-16(2)5-3-12-11(7-16)14(15(19)20)13(22-12)9-18-6-4-10(8-18)21-17/h10H,3-9,17H2,1-2H3,(H,19,20)/t10-/m1/s1. The van der Waals surface area contributed by atoms with Gasteiger partial charge in [0.25, 0.3) is 0 Å². The summed E-state index contributed by atoms with van der Waals surface area (Å²) >= 11 is 1.69. The van der Waals surface area contributed by atoms with Crippen LogP contribution in [-0.2, 0) is 24.2 Å². The molecule has 22 heavy (non-hydrogen) atoms. The molecule has 1 aliphatic heterocycles. The highest BCUT2D eigenvalue weighted by Gasteiger charge is 2.33. The van der Waals surface area contributed by atoms with Crippen LogP contribution in [0.1, 0.15) is 52.4 Å². The average molecular weight is 324 g/mol. The molecule has 5 nitrogen and oxygen atoms in total. The van der Waals surface area contributed by atoms with Crippen LogP contribution in [0, 0.1) is 5.41 Å². The molecule has 0 amide bonds. The molecule has 1 aliphatic carbocycles. The Bertz CT molecular complexity index is 582. The van der Waals surface area contributed by atoms with Crippen LogP contribution < -0.4 is 5.90 Å². The molecule has 1 aromatic rings. The van der Waals surface area contributed by atoms with Gasteiger partial charge >= 0.3 is 5.97 Å². The van der Waals surface area contributed by atoms with Crippen molar-refractivity contribution in [2.24, 2.45) is 11.3 Å². The van der Waals surface area contributed by atoms with Gasteiger partial charge in [0.05, 0.1) is 11.7 Å². The Morgan fingerprint density at radius 2 is 2.32 bits per heavy atom. The molecule has 6 heteroatoms. The van der Waals surface area contributed by atoms with E-state index in [1.165, 1.54) is 4.88 Å². The van der Waals surface area contributed by atoms with Gasteiger partial charge in [-0.3, -0.25) is 9.74 Å². The van der Waals surface area contributed by atoms with Crippen LogP contribution in [0.5, 0.6) is 0 Å². The Morgan fingerprint density at radius 3 is 2.95 bits per heavy atom. The number of carboxylic acids is 1. The summed E-state index contributed by atoms with van der Waals surface area (Å²) in [5, 5.41) is 9.70. The molecule has 1 aromatic heterocycles. The minimum absolute atomic E-state index is 0.0711. The molecular formula is C16H24N2O3S. The maximum absolute atomic E-state index is 11.8.